The van der Waals surface area contributed by atoms with E-state index in [-0.39, 0.29) is 16.7 Å². The fourth-order valence-electron chi connectivity index (χ4n) is 1.79. The molecule has 0 fully saturated rings. The molecule has 0 bridgehead atoms. The Balaban J connectivity index is 2.56. The van der Waals surface area contributed by atoms with Gasteiger partial charge < -0.3 is 17.2 Å². The number of nitrogens with zero attached hydrogens (tertiary/aromatic N) is 3. The van der Waals surface area contributed by atoms with Crippen molar-refractivity contribution in [2.45, 2.75) is 0 Å². The highest BCUT2D eigenvalue weighted by molar-refractivity contribution is 6.32. The first-order valence-corrected chi connectivity index (χ1v) is 7.22. The van der Waals surface area contributed by atoms with E-state index in [9.17, 15) is 4.79 Å². The molecule has 1 amide bonds. The van der Waals surface area contributed by atoms with Gasteiger partial charge in [-0.15, -0.1) is 0 Å². The number of rotatable bonds is 2. The van der Waals surface area contributed by atoms with Crippen LogP contribution in [-0.4, -0.2) is 21.8 Å². The smallest absolute Gasteiger partial charge is 0.302 e. The number of amides is 1. The number of anilines is 1. The molecule has 8 heteroatoms. The Hall–Kier alpha value is -3.19. The van der Waals surface area contributed by atoms with Crippen molar-refractivity contribution in [2.75, 3.05) is 5.73 Å². The number of halogens is 1. The van der Waals surface area contributed by atoms with Crippen LogP contribution in [0.3, 0.4) is 0 Å². The maximum Gasteiger partial charge on any atom is 0.302 e. The largest absolute Gasteiger partial charge is 0.382 e. The van der Waals surface area contributed by atoms with Crippen molar-refractivity contribution >= 4 is 29.3 Å². The predicted octanol–water partition coefficient (Wildman–Crippen LogP) is 1.92. The number of nitrogens with two attached hydrogens (primary N) is 3. The fraction of sp³-hybridized carbons (Fsp3) is 0. The standard InChI is InChI=1S/C16H15ClN6O/c17-13-11(10-8-6-4-2-1-3-5-7-9-10)22-14(18)12(21-13)15(24)23-16(19)20/h1-9H,(H2,18,22)(H4,19,20,23,24). The molecular formula is C16H15ClN6O. The van der Waals surface area contributed by atoms with Crippen LogP contribution >= 0.6 is 11.6 Å². The monoisotopic (exact) mass is 342 g/mol. The van der Waals surface area contributed by atoms with Crippen LogP contribution in [0.25, 0.3) is 11.3 Å². The minimum Gasteiger partial charge on any atom is -0.382 e. The van der Waals surface area contributed by atoms with Gasteiger partial charge in [-0.25, -0.2) is 9.97 Å². The highest BCUT2D eigenvalue weighted by Crippen LogP contribution is 2.25. The summed E-state index contributed by atoms with van der Waals surface area (Å²) in [5, 5.41) is 0.0132. The molecule has 0 radical (unpaired) electrons. The molecule has 0 spiro atoms. The summed E-state index contributed by atoms with van der Waals surface area (Å²) >= 11 is 6.16. The number of hydrogen-bond donors (Lipinski definition) is 3. The first-order chi connectivity index (χ1) is 11.5. The fourth-order valence-corrected chi connectivity index (χ4v) is 2.03. The van der Waals surface area contributed by atoms with E-state index in [1.165, 1.54) is 0 Å². The van der Waals surface area contributed by atoms with Crippen molar-refractivity contribution in [3.8, 4) is 11.3 Å². The van der Waals surface area contributed by atoms with Crippen molar-refractivity contribution in [1.29, 1.82) is 0 Å². The molecule has 2 rings (SSSR count). The quantitative estimate of drug-likeness (QED) is 0.564. The van der Waals surface area contributed by atoms with Gasteiger partial charge in [-0.2, -0.15) is 4.99 Å². The van der Waals surface area contributed by atoms with Gasteiger partial charge in [-0.1, -0.05) is 66.2 Å². The van der Waals surface area contributed by atoms with Crippen LogP contribution in [0.15, 0.2) is 59.6 Å². The number of aromatic nitrogens is 2. The second-order valence-electron chi connectivity index (χ2n) is 4.57. The first kappa shape index (κ1) is 17.2. The summed E-state index contributed by atoms with van der Waals surface area (Å²) in [6.45, 7) is 0. The van der Waals surface area contributed by atoms with Crippen molar-refractivity contribution in [3.05, 3.63) is 65.4 Å². The summed E-state index contributed by atoms with van der Waals surface area (Å²) in [7, 11) is 0. The van der Waals surface area contributed by atoms with Crippen molar-refractivity contribution in [2.24, 2.45) is 16.5 Å². The van der Waals surface area contributed by atoms with Gasteiger partial charge in [0, 0.05) is 5.56 Å². The average molecular weight is 343 g/mol. The SMILES string of the molecule is NC(N)=NC(=O)c1nc(Cl)c(-c2ccccccccc2)nc1N. The van der Waals surface area contributed by atoms with Gasteiger partial charge in [0.05, 0.1) is 0 Å². The van der Waals surface area contributed by atoms with Crippen LogP contribution in [0.5, 0.6) is 0 Å². The van der Waals surface area contributed by atoms with E-state index in [0.717, 1.165) is 0 Å². The van der Waals surface area contributed by atoms with Crippen LogP contribution in [0.1, 0.15) is 10.5 Å². The van der Waals surface area contributed by atoms with Crippen LogP contribution < -0.4 is 17.2 Å². The molecular weight excluding hydrogens is 328 g/mol. The Morgan fingerprint density at radius 3 is 2.04 bits per heavy atom. The lowest BCUT2D eigenvalue weighted by Gasteiger charge is -2.06. The van der Waals surface area contributed by atoms with Crippen LogP contribution in [0.2, 0.25) is 5.15 Å². The number of guanidine groups is 1. The zero-order valence-corrected chi connectivity index (χ0v) is 13.3. The van der Waals surface area contributed by atoms with E-state index in [1.54, 1.807) is 12.1 Å². The van der Waals surface area contributed by atoms with Gasteiger partial charge in [0.25, 0.3) is 0 Å². The molecule has 1 aromatic heterocycles. The lowest BCUT2D eigenvalue weighted by Crippen LogP contribution is -2.24. The Morgan fingerprint density at radius 1 is 0.958 bits per heavy atom. The van der Waals surface area contributed by atoms with Gasteiger partial charge in [-0.3, -0.25) is 4.79 Å². The molecule has 0 unspecified atom stereocenters. The van der Waals surface area contributed by atoms with Gasteiger partial charge in [-0.05, 0) is 0 Å². The predicted molar refractivity (Wildman–Crippen MR) is 94.7 cm³/mol. The Bertz CT molecular complexity index is 823. The molecule has 24 heavy (non-hydrogen) atoms. The highest BCUT2D eigenvalue weighted by atomic mass is 35.5. The molecule has 7 nitrogen and oxygen atoms in total. The molecule has 6 N–H and O–H groups in total. The van der Waals surface area contributed by atoms with Crippen molar-refractivity contribution in [3.63, 3.8) is 0 Å². The van der Waals surface area contributed by atoms with Crippen LogP contribution in [-0.2, 0) is 0 Å². The third kappa shape index (κ3) is 4.40. The first-order valence-electron chi connectivity index (χ1n) is 6.84. The van der Waals surface area contributed by atoms with E-state index in [4.69, 9.17) is 28.8 Å². The normalized spacial score (nSPS) is 9.71. The highest BCUT2D eigenvalue weighted by Gasteiger charge is 2.17. The number of hydrogen-bond acceptors (Lipinski definition) is 4. The van der Waals surface area contributed by atoms with E-state index < -0.39 is 11.9 Å². The summed E-state index contributed by atoms with van der Waals surface area (Å²) in [5.41, 5.74) is 17.0. The van der Waals surface area contributed by atoms with Crippen LogP contribution in [0.4, 0.5) is 5.82 Å². The summed E-state index contributed by atoms with van der Waals surface area (Å²) in [6.07, 6.45) is 0. The Kier molecular flexibility index (Phi) is 5.64. The molecule has 2 aromatic rings. The number of aliphatic imine (C=N–C) groups is 1. The van der Waals surface area contributed by atoms with Crippen molar-refractivity contribution < 1.29 is 4.79 Å². The minimum absolute atomic E-state index is 0.0132. The zero-order valence-electron chi connectivity index (χ0n) is 12.6. The summed E-state index contributed by atoms with van der Waals surface area (Å²) in [5.74, 6) is -1.32. The average Bonchev–Trinajstić information content (AvgIpc) is 2.53. The number of nitrogen functional groups attached to an aromatic ring is 1. The molecule has 0 atom stereocenters. The maximum atomic E-state index is 11.9. The van der Waals surface area contributed by atoms with Gasteiger partial charge in [0.1, 0.15) is 5.69 Å². The van der Waals surface area contributed by atoms with Crippen molar-refractivity contribution in [1.82, 2.24) is 9.97 Å². The lowest BCUT2D eigenvalue weighted by molar-refractivity contribution is 0.0998. The molecule has 0 saturated carbocycles. The van der Waals surface area contributed by atoms with E-state index in [0.29, 0.717) is 11.3 Å². The number of carbonyl (C=O) groups is 1. The molecule has 0 saturated heterocycles. The lowest BCUT2D eigenvalue weighted by atomic mass is 10.2. The summed E-state index contributed by atoms with van der Waals surface area (Å²) < 4.78 is 0. The molecule has 1 heterocycles. The topological polar surface area (TPSA) is 133 Å². The van der Waals surface area contributed by atoms with Gasteiger partial charge in [0.2, 0.25) is 0 Å². The Morgan fingerprint density at radius 2 is 1.50 bits per heavy atom. The van der Waals surface area contributed by atoms with E-state index >= 15 is 0 Å². The Labute approximate surface area is 143 Å². The van der Waals surface area contributed by atoms with E-state index in [2.05, 4.69) is 15.0 Å². The van der Waals surface area contributed by atoms with Crippen LogP contribution in [0, 0.1) is 0 Å². The third-order valence-corrected chi connectivity index (χ3v) is 3.07. The van der Waals surface area contributed by atoms with Gasteiger partial charge in [0.15, 0.2) is 22.6 Å². The molecule has 0 aliphatic carbocycles. The molecule has 0 aliphatic heterocycles. The van der Waals surface area contributed by atoms with E-state index in [1.807, 2.05) is 42.5 Å². The second kappa shape index (κ2) is 7.89. The second-order valence-corrected chi connectivity index (χ2v) is 4.93. The zero-order chi connectivity index (χ0) is 17.5. The molecule has 1 aromatic carbocycles. The molecule has 122 valence electrons. The maximum absolute atomic E-state index is 11.9. The summed E-state index contributed by atoms with van der Waals surface area (Å²) in [6, 6.07) is 16.6. The number of carbonyl (C=O) groups excluding carboxylic acids is 1. The van der Waals surface area contributed by atoms with Gasteiger partial charge >= 0.3 is 5.91 Å². The summed E-state index contributed by atoms with van der Waals surface area (Å²) in [4.78, 5) is 23.4. The minimum atomic E-state index is -0.808. The third-order valence-electron chi connectivity index (χ3n) is 2.81. The molecule has 0 aliphatic rings.